The molecular weight excluding hydrogens is 354 g/mol. The Bertz CT molecular complexity index is 1090. The molecule has 1 unspecified atom stereocenters. The van der Waals surface area contributed by atoms with Crippen molar-refractivity contribution < 1.29 is 12.8 Å². The van der Waals surface area contributed by atoms with E-state index in [0.29, 0.717) is 25.2 Å². The summed E-state index contributed by atoms with van der Waals surface area (Å²) in [4.78, 5) is 16.1. The van der Waals surface area contributed by atoms with Gasteiger partial charge in [0.15, 0.2) is 5.58 Å². The molecule has 0 radical (unpaired) electrons. The third-order valence-electron chi connectivity index (χ3n) is 4.71. The lowest BCUT2D eigenvalue weighted by Gasteiger charge is -2.40. The van der Waals surface area contributed by atoms with Crippen molar-refractivity contribution in [3.05, 3.63) is 59.1 Å². The van der Waals surface area contributed by atoms with E-state index in [1.807, 2.05) is 37.3 Å². The largest absolute Gasteiger partial charge is 0.417 e. The van der Waals surface area contributed by atoms with E-state index in [-0.39, 0.29) is 16.5 Å². The molecule has 0 spiro atoms. The summed E-state index contributed by atoms with van der Waals surface area (Å²) < 4.78 is 32.5. The van der Waals surface area contributed by atoms with E-state index in [1.165, 1.54) is 16.4 Å². The highest BCUT2D eigenvalue weighted by atomic mass is 32.2. The number of benzene rings is 2. The van der Waals surface area contributed by atoms with E-state index in [1.54, 1.807) is 6.07 Å². The van der Waals surface area contributed by atoms with Gasteiger partial charge in [0.2, 0.25) is 10.0 Å². The fourth-order valence-electron chi connectivity index (χ4n) is 3.38. The molecule has 0 aliphatic carbocycles. The first-order chi connectivity index (χ1) is 12.4. The second-order valence-corrected chi connectivity index (χ2v) is 8.35. The number of nitrogens with one attached hydrogen (secondary N) is 1. The minimum atomic E-state index is -3.65. The minimum Gasteiger partial charge on any atom is -0.408 e. The van der Waals surface area contributed by atoms with Gasteiger partial charge < -0.3 is 9.32 Å². The molecule has 1 atom stereocenters. The average molecular weight is 373 g/mol. The van der Waals surface area contributed by atoms with Crippen LogP contribution < -0.4 is 10.7 Å². The van der Waals surface area contributed by atoms with Gasteiger partial charge in [0, 0.05) is 37.4 Å². The van der Waals surface area contributed by atoms with Gasteiger partial charge in [0.25, 0.3) is 0 Å². The lowest BCUT2D eigenvalue weighted by molar-refractivity contribution is 0.342. The molecule has 26 heavy (non-hydrogen) atoms. The van der Waals surface area contributed by atoms with E-state index in [4.69, 9.17) is 4.42 Å². The summed E-state index contributed by atoms with van der Waals surface area (Å²) in [6.45, 7) is 3.43. The molecule has 0 amide bonds. The molecule has 4 rings (SSSR count). The molecule has 2 heterocycles. The molecule has 1 saturated heterocycles. The third kappa shape index (κ3) is 2.91. The number of nitrogens with zero attached hydrogens (tertiary/aromatic N) is 2. The minimum absolute atomic E-state index is 0.0508. The van der Waals surface area contributed by atoms with E-state index in [2.05, 4.69) is 9.88 Å². The lowest BCUT2D eigenvalue weighted by Crippen LogP contribution is -2.53. The van der Waals surface area contributed by atoms with Gasteiger partial charge in [-0.05, 0) is 31.2 Å². The first-order valence-electron chi connectivity index (χ1n) is 8.40. The van der Waals surface area contributed by atoms with Gasteiger partial charge in [0.1, 0.15) is 0 Å². The maximum atomic E-state index is 13.0. The molecular formula is C18H19N3O4S. The van der Waals surface area contributed by atoms with Gasteiger partial charge in [-0.3, -0.25) is 4.98 Å². The average Bonchev–Trinajstić information content (AvgIpc) is 3.01. The molecule has 2 aromatic carbocycles. The van der Waals surface area contributed by atoms with Gasteiger partial charge in [-0.1, -0.05) is 18.2 Å². The van der Waals surface area contributed by atoms with Crippen LogP contribution >= 0.6 is 0 Å². The van der Waals surface area contributed by atoms with Gasteiger partial charge in [-0.25, -0.2) is 13.2 Å². The van der Waals surface area contributed by atoms with Crippen molar-refractivity contribution in [1.29, 1.82) is 0 Å². The Hall–Kier alpha value is -2.58. The van der Waals surface area contributed by atoms with Gasteiger partial charge in [0.05, 0.1) is 10.4 Å². The van der Waals surface area contributed by atoms with Crippen LogP contribution in [0, 0.1) is 0 Å². The molecule has 8 heteroatoms. The summed E-state index contributed by atoms with van der Waals surface area (Å²) in [7, 11) is -3.65. The molecule has 1 aliphatic heterocycles. The third-order valence-corrected chi connectivity index (χ3v) is 6.57. The van der Waals surface area contributed by atoms with E-state index >= 15 is 0 Å². The highest BCUT2D eigenvalue weighted by Gasteiger charge is 2.32. The molecule has 1 aliphatic rings. The zero-order chi connectivity index (χ0) is 18.3. The fourth-order valence-corrected chi connectivity index (χ4v) is 4.91. The van der Waals surface area contributed by atoms with E-state index in [9.17, 15) is 13.2 Å². The number of piperazine rings is 1. The number of hydrogen-bond acceptors (Lipinski definition) is 5. The number of fused-ring (bicyclic) bond motifs is 1. The predicted molar refractivity (Wildman–Crippen MR) is 98.8 cm³/mol. The SMILES string of the molecule is CC1CN(S(=O)(=O)c2ccc3[nH]c(=O)oc3c2)CCN1c1ccccc1. The molecule has 1 fully saturated rings. The first kappa shape index (κ1) is 16.9. The number of para-hydroxylation sites is 1. The highest BCUT2D eigenvalue weighted by Crippen LogP contribution is 2.25. The molecule has 136 valence electrons. The van der Waals surface area contributed by atoms with Gasteiger partial charge in [-0.2, -0.15) is 4.31 Å². The van der Waals surface area contributed by atoms with Crippen LogP contribution in [0.15, 0.2) is 62.6 Å². The van der Waals surface area contributed by atoms with Crippen LogP contribution in [0.25, 0.3) is 11.1 Å². The van der Waals surface area contributed by atoms with E-state index < -0.39 is 15.8 Å². The summed E-state index contributed by atoms with van der Waals surface area (Å²) in [6.07, 6.45) is 0. The molecule has 1 aromatic heterocycles. The number of sulfonamides is 1. The van der Waals surface area contributed by atoms with Crippen molar-refractivity contribution in [3.63, 3.8) is 0 Å². The van der Waals surface area contributed by atoms with Crippen molar-refractivity contribution in [1.82, 2.24) is 9.29 Å². The van der Waals surface area contributed by atoms with Crippen LogP contribution in [0.1, 0.15) is 6.92 Å². The molecule has 0 saturated carbocycles. The number of hydrogen-bond donors (Lipinski definition) is 1. The second kappa shape index (κ2) is 6.30. The number of anilines is 1. The highest BCUT2D eigenvalue weighted by molar-refractivity contribution is 7.89. The summed E-state index contributed by atoms with van der Waals surface area (Å²) in [5.41, 5.74) is 1.82. The smallest absolute Gasteiger partial charge is 0.408 e. The summed E-state index contributed by atoms with van der Waals surface area (Å²) >= 11 is 0. The van der Waals surface area contributed by atoms with E-state index in [0.717, 1.165) is 5.69 Å². The molecule has 7 nitrogen and oxygen atoms in total. The first-order valence-corrected chi connectivity index (χ1v) is 9.84. The van der Waals surface area contributed by atoms with Gasteiger partial charge >= 0.3 is 5.76 Å². The van der Waals surface area contributed by atoms with Crippen molar-refractivity contribution >= 4 is 26.8 Å². The predicted octanol–water partition coefficient (Wildman–Crippen LogP) is 2.02. The van der Waals surface area contributed by atoms with Crippen molar-refractivity contribution in [3.8, 4) is 0 Å². The summed E-state index contributed by atoms with van der Waals surface area (Å²) in [5.74, 6) is -0.598. The lowest BCUT2D eigenvalue weighted by atomic mass is 10.2. The molecule has 0 bridgehead atoms. The number of aromatic nitrogens is 1. The van der Waals surface area contributed by atoms with Gasteiger partial charge in [-0.15, -0.1) is 0 Å². The Morgan fingerprint density at radius 1 is 1.12 bits per heavy atom. The van der Waals surface area contributed by atoms with Crippen LogP contribution in [0.5, 0.6) is 0 Å². The quantitative estimate of drug-likeness (QED) is 0.759. The van der Waals surface area contributed by atoms with Crippen molar-refractivity contribution in [2.75, 3.05) is 24.5 Å². The van der Waals surface area contributed by atoms with Crippen molar-refractivity contribution in [2.45, 2.75) is 17.9 Å². The van der Waals surface area contributed by atoms with Crippen molar-refractivity contribution in [2.24, 2.45) is 0 Å². The summed E-state index contributed by atoms with van der Waals surface area (Å²) in [6, 6.07) is 14.5. The number of rotatable bonds is 3. The molecule has 3 aromatic rings. The topological polar surface area (TPSA) is 86.6 Å². The van der Waals surface area contributed by atoms with Crippen LogP contribution in [-0.4, -0.2) is 43.4 Å². The van der Waals surface area contributed by atoms with Crippen LogP contribution in [0.4, 0.5) is 5.69 Å². The monoisotopic (exact) mass is 373 g/mol. The Morgan fingerprint density at radius 3 is 2.62 bits per heavy atom. The van der Waals surface area contributed by atoms with Crippen LogP contribution in [0.3, 0.4) is 0 Å². The Morgan fingerprint density at radius 2 is 1.88 bits per heavy atom. The normalized spacial score (nSPS) is 19.1. The maximum absolute atomic E-state index is 13.0. The van der Waals surface area contributed by atoms with Crippen LogP contribution in [-0.2, 0) is 10.0 Å². The standard InChI is InChI=1S/C18H19N3O4S/c1-13-12-20(9-10-21(13)14-5-3-2-4-6-14)26(23,24)15-7-8-16-17(11-15)25-18(22)19-16/h2-8,11,13H,9-10,12H2,1H3,(H,19,22). The zero-order valence-corrected chi connectivity index (χ0v) is 15.1. The summed E-state index contributed by atoms with van der Waals surface area (Å²) in [5, 5.41) is 0. The number of aromatic amines is 1. The maximum Gasteiger partial charge on any atom is 0.417 e. The fraction of sp³-hybridized carbons (Fsp3) is 0.278. The zero-order valence-electron chi connectivity index (χ0n) is 14.3. The Labute approximate surface area is 150 Å². The number of oxazole rings is 1. The Kier molecular flexibility index (Phi) is 4.08. The van der Waals surface area contributed by atoms with Crippen LogP contribution in [0.2, 0.25) is 0 Å². The molecule has 1 N–H and O–H groups in total. The Balaban J connectivity index is 1.59. The number of H-pyrrole nitrogens is 1. The second-order valence-electron chi connectivity index (χ2n) is 6.41.